The Morgan fingerprint density at radius 2 is 1.86 bits per heavy atom. The zero-order valence-corrected chi connectivity index (χ0v) is 14.0. The summed E-state index contributed by atoms with van der Waals surface area (Å²) in [5.41, 5.74) is 2.51. The molecule has 0 spiro atoms. The third-order valence-corrected chi connectivity index (χ3v) is 4.59. The summed E-state index contributed by atoms with van der Waals surface area (Å²) in [5, 5.41) is 6.90. The minimum Gasteiger partial charge on any atom is -0.349 e. The first-order valence-corrected chi connectivity index (χ1v) is 8.64. The van der Waals surface area contributed by atoms with E-state index >= 15 is 0 Å². The Bertz CT molecular complexity index is 520. The van der Waals surface area contributed by atoms with Crippen LogP contribution in [0.5, 0.6) is 0 Å². The highest BCUT2D eigenvalue weighted by atomic mass is 32.1. The van der Waals surface area contributed by atoms with Crippen LogP contribution in [-0.4, -0.2) is 24.6 Å². The Kier molecular flexibility index (Phi) is 6.21. The Morgan fingerprint density at radius 3 is 2.48 bits per heavy atom. The average Bonchev–Trinajstić information content (AvgIpc) is 2.97. The average molecular weight is 303 g/mol. The summed E-state index contributed by atoms with van der Waals surface area (Å²) >= 11 is 1.75. The molecule has 1 aromatic carbocycles. The summed E-state index contributed by atoms with van der Waals surface area (Å²) in [6.07, 6.45) is 0.940. The van der Waals surface area contributed by atoms with Crippen molar-refractivity contribution in [2.45, 2.75) is 33.2 Å². The number of nitrogens with zero attached hydrogens (tertiary/aromatic N) is 2. The summed E-state index contributed by atoms with van der Waals surface area (Å²) < 4.78 is 0. The topological polar surface area (TPSA) is 28.2 Å². The Morgan fingerprint density at radius 1 is 1.14 bits per heavy atom. The highest BCUT2D eigenvalue weighted by Gasteiger charge is 2.14. The first kappa shape index (κ1) is 16.0. The van der Waals surface area contributed by atoms with Gasteiger partial charge in [-0.05, 0) is 26.0 Å². The molecule has 1 atom stereocenters. The van der Waals surface area contributed by atoms with E-state index in [1.54, 1.807) is 11.3 Å². The van der Waals surface area contributed by atoms with Gasteiger partial charge in [0.2, 0.25) is 0 Å². The van der Waals surface area contributed by atoms with Gasteiger partial charge in [-0.1, -0.05) is 37.3 Å². The Balaban J connectivity index is 2.11. The van der Waals surface area contributed by atoms with E-state index in [9.17, 15) is 0 Å². The molecule has 0 aliphatic rings. The summed E-state index contributed by atoms with van der Waals surface area (Å²) in [7, 11) is 0. The van der Waals surface area contributed by atoms with Crippen LogP contribution in [0, 0.1) is 0 Å². The highest BCUT2D eigenvalue weighted by Crippen LogP contribution is 2.24. The number of hydrogen-bond donors (Lipinski definition) is 1. The zero-order chi connectivity index (χ0) is 15.1. The van der Waals surface area contributed by atoms with Crippen molar-refractivity contribution in [1.29, 1.82) is 0 Å². The van der Waals surface area contributed by atoms with Crippen molar-refractivity contribution in [3.63, 3.8) is 0 Å². The van der Waals surface area contributed by atoms with Crippen molar-refractivity contribution in [2.75, 3.05) is 24.5 Å². The number of nitrogens with one attached hydrogen (secondary N) is 1. The van der Waals surface area contributed by atoms with Crippen molar-refractivity contribution in [3.8, 4) is 0 Å². The van der Waals surface area contributed by atoms with Crippen LogP contribution in [0.1, 0.15) is 38.1 Å². The lowest BCUT2D eigenvalue weighted by Gasteiger charge is -2.18. The molecule has 0 saturated heterocycles. The van der Waals surface area contributed by atoms with Crippen molar-refractivity contribution in [3.05, 3.63) is 47.0 Å². The summed E-state index contributed by atoms with van der Waals surface area (Å²) in [6.45, 7) is 9.49. The van der Waals surface area contributed by atoms with E-state index in [1.807, 2.05) is 0 Å². The van der Waals surface area contributed by atoms with Gasteiger partial charge >= 0.3 is 0 Å². The lowest BCUT2D eigenvalue weighted by Crippen LogP contribution is -2.23. The lowest BCUT2D eigenvalue weighted by atomic mass is 10.0. The van der Waals surface area contributed by atoms with E-state index in [0.29, 0.717) is 6.04 Å². The fourth-order valence-corrected chi connectivity index (χ4v) is 3.45. The molecule has 21 heavy (non-hydrogen) atoms. The zero-order valence-electron chi connectivity index (χ0n) is 13.2. The van der Waals surface area contributed by atoms with Gasteiger partial charge in [0.05, 0.1) is 5.69 Å². The van der Waals surface area contributed by atoms with E-state index in [0.717, 1.165) is 31.2 Å². The lowest BCUT2D eigenvalue weighted by molar-refractivity contribution is 0.545. The maximum Gasteiger partial charge on any atom is 0.185 e. The van der Waals surface area contributed by atoms with E-state index < -0.39 is 0 Å². The molecule has 2 aromatic rings. The normalized spacial score (nSPS) is 12.3. The van der Waals surface area contributed by atoms with Gasteiger partial charge in [0.1, 0.15) is 0 Å². The maximum atomic E-state index is 4.80. The molecule has 1 N–H and O–H groups in total. The monoisotopic (exact) mass is 303 g/mol. The molecule has 1 unspecified atom stereocenters. The Hall–Kier alpha value is -1.39. The molecule has 1 aromatic heterocycles. The van der Waals surface area contributed by atoms with Gasteiger partial charge in [0, 0.05) is 30.9 Å². The molecule has 0 bridgehead atoms. The van der Waals surface area contributed by atoms with Crippen molar-refractivity contribution >= 4 is 16.5 Å². The van der Waals surface area contributed by atoms with Crippen LogP contribution in [-0.2, 0) is 6.42 Å². The van der Waals surface area contributed by atoms with Gasteiger partial charge < -0.3 is 10.2 Å². The van der Waals surface area contributed by atoms with Crippen molar-refractivity contribution in [1.82, 2.24) is 10.3 Å². The standard InChI is InChI=1S/C17H25N3S/c1-4-18-16(14-10-8-7-9-11-14)12-15-13-21-17(19-15)20(5-2)6-3/h7-11,13,16,18H,4-6,12H2,1-3H3. The second kappa shape index (κ2) is 8.15. The number of aromatic nitrogens is 1. The summed E-state index contributed by atoms with van der Waals surface area (Å²) in [5.74, 6) is 0. The fourth-order valence-electron chi connectivity index (χ4n) is 2.48. The second-order valence-corrected chi connectivity index (χ2v) is 5.86. The van der Waals surface area contributed by atoms with Crippen LogP contribution in [0.15, 0.2) is 35.7 Å². The third-order valence-electron chi connectivity index (χ3n) is 3.64. The molecule has 0 aliphatic heterocycles. The van der Waals surface area contributed by atoms with Gasteiger partial charge in [-0.2, -0.15) is 0 Å². The first-order chi connectivity index (χ1) is 10.3. The van der Waals surface area contributed by atoms with Crippen LogP contribution in [0.2, 0.25) is 0 Å². The minimum absolute atomic E-state index is 0.336. The van der Waals surface area contributed by atoms with E-state index in [2.05, 4.69) is 66.7 Å². The SMILES string of the molecule is CCNC(Cc1csc(N(CC)CC)n1)c1ccccc1. The van der Waals surface area contributed by atoms with Crippen molar-refractivity contribution in [2.24, 2.45) is 0 Å². The van der Waals surface area contributed by atoms with Gasteiger partial charge in [-0.25, -0.2) is 4.98 Å². The minimum atomic E-state index is 0.336. The molecular formula is C17H25N3S. The largest absolute Gasteiger partial charge is 0.349 e. The molecule has 0 fully saturated rings. The molecule has 4 heteroatoms. The van der Waals surface area contributed by atoms with Crippen LogP contribution in [0.3, 0.4) is 0 Å². The van der Waals surface area contributed by atoms with Gasteiger partial charge in [-0.3, -0.25) is 0 Å². The fraction of sp³-hybridized carbons (Fsp3) is 0.471. The predicted molar refractivity (Wildman–Crippen MR) is 92.2 cm³/mol. The molecule has 0 radical (unpaired) electrons. The van der Waals surface area contributed by atoms with Gasteiger partial charge in [0.15, 0.2) is 5.13 Å². The quantitative estimate of drug-likeness (QED) is 0.802. The smallest absolute Gasteiger partial charge is 0.185 e. The molecule has 0 amide bonds. The molecular weight excluding hydrogens is 278 g/mol. The molecule has 0 saturated carbocycles. The van der Waals surface area contributed by atoms with E-state index in [-0.39, 0.29) is 0 Å². The van der Waals surface area contributed by atoms with Crippen LogP contribution in [0.25, 0.3) is 0 Å². The maximum absolute atomic E-state index is 4.80. The second-order valence-electron chi connectivity index (χ2n) is 5.02. The number of hydrogen-bond acceptors (Lipinski definition) is 4. The van der Waals surface area contributed by atoms with Crippen LogP contribution in [0.4, 0.5) is 5.13 Å². The molecule has 114 valence electrons. The first-order valence-electron chi connectivity index (χ1n) is 7.76. The predicted octanol–water partition coefficient (Wildman–Crippen LogP) is 3.88. The van der Waals surface area contributed by atoms with E-state index in [1.165, 1.54) is 11.3 Å². The molecule has 2 rings (SSSR count). The third kappa shape index (κ3) is 4.29. The highest BCUT2D eigenvalue weighted by molar-refractivity contribution is 7.13. The van der Waals surface area contributed by atoms with Gasteiger partial charge in [0.25, 0.3) is 0 Å². The summed E-state index contributed by atoms with van der Waals surface area (Å²) in [4.78, 5) is 7.11. The molecule has 1 heterocycles. The van der Waals surface area contributed by atoms with Gasteiger partial charge in [-0.15, -0.1) is 11.3 Å². The number of benzene rings is 1. The number of likely N-dealkylation sites (N-methyl/N-ethyl adjacent to an activating group) is 1. The number of rotatable bonds is 8. The molecule has 0 aliphatic carbocycles. The van der Waals surface area contributed by atoms with E-state index in [4.69, 9.17) is 4.98 Å². The number of thiazole rings is 1. The van der Waals surface area contributed by atoms with Crippen LogP contribution >= 0.6 is 11.3 Å². The summed E-state index contributed by atoms with van der Waals surface area (Å²) in [6, 6.07) is 11.0. The number of anilines is 1. The van der Waals surface area contributed by atoms with Crippen LogP contribution < -0.4 is 10.2 Å². The Labute approximate surface area is 132 Å². The van der Waals surface area contributed by atoms with Crippen molar-refractivity contribution < 1.29 is 0 Å². The molecule has 3 nitrogen and oxygen atoms in total.